The van der Waals surface area contributed by atoms with Crippen molar-refractivity contribution >= 4 is 29.2 Å². The van der Waals surface area contributed by atoms with Gasteiger partial charge in [-0.15, -0.1) is 0 Å². The molecule has 0 spiro atoms. The minimum Gasteiger partial charge on any atom is -0.466 e. The number of hydrogen-bond acceptors (Lipinski definition) is 4. The van der Waals surface area contributed by atoms with Gasteiger partial charge in [0, 0.05) is 17.3 Å². The molecule has 1 aliphatic rings. The van der Waals surface area contributed by atoms with Crippen LogP contribution >= 0.6 is 11.6 Å². The number of carbonyl (C=O) groups excluding carboxylic acids is 2. The number of likely N-dealkylation sites (tertiary alicyclic amines) is 1. The van der Waals surface area contributed by atoms with Gasteiger partial charge in [0.15, 0.2) is 0 Å². The molecule has 0 aromatic heterocycles. The Labute approximate surface area is 141 Å². The molecule has 6 heteroatoms. The maximum atomic E-state index is 12.2. The van der Waals surface area contributed by atoms with Crippen molar-refractivity contribution in [2.75, 3.05) is 31.6 Å². The Kier molecular flexibility index (Phi) is 6.42. The SMILES string of the molecule is CCOC(=O)[C@@H]1CCCN(CC(=O)Nc2ccc(Cl)cc2C)C1. The van der Waals surface area contributed by atoms with Gasteiger partial charge >= 0.3 is 5.97 Å². The van der Waals surface area contributed by atoms with Crippen molar-refractivity contribution in [1.82, 2.24) is 4.90 Å². The first kappa shape index (κ1) is 17.8. The fraction of sp³-hybridized carbons (Fsp3) is 0.529. The van der Waals surface area contributed by atoms with E-state index in [1.807, 2.05) is 17.9 Å². The number of rotatable bonds is 5. The summed E-state index contributed by atoms with van der Waals surface area (Å²) in [6.07, 6.45) is 1.73. The number of anilines is 1. The van der Waals surface area contributed by atoms with Crippen molar-refractivity contribution in [2.24, 2.45) is 5.92 Å². The van der Waals surface area contributed by atoms with Crippen LogP contribution in [0.3, 0.4) is 0 Å². The van der Waals surface area contributed by atoms with E-state index in [0.29, 0.717) is 18.2 Å². The highest BCUT2D eigenvalue weighted by molar-refractivity contribution is 6.30. The highest BCUT2D eigenvalue weighted by atomic mass is 35.5. The number of aryl methyl sites for hydroxylation is 1. The minimum atomic E-state index is -0.161. The molecule has 1 heterocycles. The molecule has 0 unspecified atom stereocenters. The van der Waals surface area contributed by atoms with E-state index in [2.05, 4.69) is 5.32 Å². The Morgan fingerprint density at radius 1 is 1.43 bits per heavy atom. The maximum Gasteiger partial charge on any atom is 0.310 e. The van der Waals surface area contributed by atoms with Gasteiger partial charge in [-0.2, -0.15) is 0 Å². The molecular formula is C17H23ClN2O3. The molecule has 1 aromatic carbocycles. The number of nitrogens with zero attached hydrogens (tertiary/aromatic N) is 1. The molecule has 1 aliphatic heterocycles. The quantitative estimate of drug-likeness (QED) is 0.839. The van der Waals surface area contributed by atoms with E-state index in [-0.39, 0.29) is 24.3 Å². The number of nitrogens with one attached hydrogen (secondary N) is 1. The van der Waals surface area contributed by atoms with E-state index in [1.165, 1.54) is 0 Å². The van der Waals surface area contributed by atoms with Gasteiger partial charge in [-0.05, 0) is 57.0 Å². The summed E-state index contributed by atoms with van der Waals surface area (Å²) in [5.41, 5.74) is 1.69. The summed E-state index contributed by atoms with van der Waals surface area (Å²) in [5.74, 6) is -0.375. The Bertz CT molecular complexity index is 577. The molecule has 1 atom stereocenters. The molecule has 0 saturated carbocycles. The van der Waals surface area contributed by atoms with E-state index in [4.69, 9.17) is 16.3 Å². The van der Waals surface area contributed by atoms with Crippen molar-refractivity contribution in [3.63, 3.8) is 0 Å². The number of piperidine rings is 1. The predicted octanol–water partition coefficient (Wildman–Crippen LogP) is 2.86. The van der Waals surface area contributed by atoms with Crippen LogP contribution in [0.2, 0.25) is 5.02 Å². The first-order valence-corrected chi connectivity index (χ1v) is 8.32. The lowest BCUT2D eigenvalue weighted by Crippen LogP contribution is -2.43. The third-order valence-electron chi connectivity index (χ3n) is 3.96. The maximum absolute atomic E-state index is 12.2. The second-order valence-corrected chi connectivity index (χ2v) is 6.27. The summed E-state index contributed by atoms with van der Waals surface area (Å²) in [4.78, 5) is 26.1. The number of benzene rings is 1. The third kappa shape index (κ3) is 5.22. The fourth-order valence-corrected chi connectivity index (χ4v) is 3.04. The van der Waals surface area contributed by atoms with Crippen molar-refractivity contribution < 1.29 is 14.3 Å². The zero-order chi connectivity index (χ0) is 16.8. The molecule has 0 bridgehead atoms. The molecule has 23 heavy (non-hydrogen) atoms. The van der Waals surface area contributed by atoms with Gasteiger partial charge in [-0.3, -0.25) is 14.5 Å². The van der Waals surface area contributed by atoms with Crippen LogP contribution in [-0.2, 0) is 14.3 Å². The number of carbonyl (C=O) groups is 2. The zero-order valence-corrected chi connectivity index (χ0v) is 14.4. The number of hydrogen-bond donors (Lipinski definition) is 1. The summed E-state index contributed by atoms with van der Waals surface area (Å²) in [6, 6.07) is 5.36. The van der Waals surface area contributed by atoms with E-state index in [1.54, 1.807) is 19.1 Å². The molecule has 1 N–H and O–H groups in total. The van der Waals surface area contributed by atoms with Crippen LogP contribution in [0, 0.1) is 12.8 Å². The Balaban J connectivity index is 1.88. The van der Waals surface area contributed by atoms with Crippen molar-refractivity contribution in [1.29, 1.82) is 0 Å². The van der Waals surface area contributed by atoms with Gasteiger partial charge in [0.25, 0.3) is 0 Å². The molecule has 5 nitrogen and oxygen atoms in total. The van der Waals surface area contributed by atoms with Crippen LogP contribution in [0.25, 0.3) is 0 Å². The summed E-state index contributed by atoms with van der Waals surface area (Å²) < 4.78 is 5.08. The summed E-state index contributed by atoms with van der Waals surface area (Å²) >= 11 is 5.92. The Morgan fingerprint density at radius 2 is 2.22 bits per heavy atom. The second-order valence-electron chi connectivity index (χ2n) is 5.83. The normalized spacial score (nSPS) is 18.5. The number of amides is 1. The van der Waals surface area contributed by atoms with Gasteiger partial charge in [-0.25, -0.2) is 0 Å². The molecule has 1 amide bonds. The van der Waals surface area contributed by atoms with E-state index >= 15 is 0 Å². The smallest absolute Gasteiger partial charge is 0.310 e. The zero-order valence-electron chi connectivity index (χ0n) is 13.6. The molecule has 1 fully saturated rings. The summed E-state index contributed by atoms with van der Waals surface area (Å²) in [6.45, 7) is 5.78. The Morgan fingerprint density at radius 3 is 2.91 bits per heavy atom. The third-order valence-corrected chi connectivity index (χ3v) is 4.19. The molecule has 0 radical (unpaired) electrons. The molecule has 2 rings (SSSR count). The summed E-state index contributed by atoms with van der Waals surface area (Å²) in [5, 5.41) is 3.55. The Hall–Kier alpha value is -1.59. The van der Waals surface area contributed by atoms with Crippen LogP contribution < -0.4 is 5.32 Å². The predicted molar refractivity (Wildman–Crippen MR) is 90.6 cm³/mol. The number of halogens is 1. The summed E-state index contributed by atoms with van der Waals surface area (Å²) in [7, 11) is 0. The second kappa shape index (κ2) is 8.31. The van der Waals surface area contributed by atoms with Gasteiger partial charge in [0.1, 0.15) is 0 Å². The van der Waals surface area contributed by atoms with E-state index in [9.17, 15) is 9.59 Å². The number of esters is 1. The largest absolute Gasteiger partial charge is 0.466 e. The van der Waals surface area contributed by atoms with Crippen molar-refractivity contribution in [2.45, 2.75) is 26.7 Å². The lowest BCUT2D eigenvalue weighted by Gasteiger charge is -2.30. The van der Waals surface area contributed by atoms with Crippen LogP contribution in [0.15, 0.2) is 18.2 Å². The molecule has 1 saturated heterocycles. The van der Waals surface area contributed by atoms with Gasteiger partial charge in [0.05, 0.1) is 19.1 Å². The van der Waals surface area contributed by atoms with Gasteiger partial charge in [0.2, 0.25) is 5.91 Å². The van der Waals surface area contributed by atoms with Crippen molar-refractivity contribution in [3.05, 3.63) is 28.8 Å². The first-order chi connectivity index (χ1) is 11.0. The van der Waals surface area contributed by atoms with Crippen molar-refractivity contribution in [3.8, 4) is 0 Å². The van der Waals surface area contributed by atoms with Crippen LogP contribution in [-0.4, -0.2) is 43.0 Å². The van der Waals surface area contributed by atoms with Gasteiger partial charge in [-0.1, -0.05) is 11.6 Å². The topological polar surface area (TPSA) is 58.6 Å². The highest BCUT2D eigenvalue weighted by Crippen LogP contribution is 2.20. The first-order valence-electron chi connectivity index (χ1n) is 7.94. The van der Waals surface area contributed by atoms with E-state index in [0.717, 1.165) is 30.6 Å². The van der Waals surface area contributed by atoms with Crippen LogP contribution in [0.4, 0.5) is 5.69 Å². The number of ether oxygens (including phenoxy) is 1. The average Bonchev–Trinajstić information content (AvgIpc) is 2.50. The fourth-order valence-electron chi connectivity index (χ4n) is 2.81. The molecular weight excluding hydrogens is 316 g/mol. The van der Waals surface area contributed by atoms with Crippen LogP contribution in [0.1, 0.15) is 25.3 Å². The monoisotopic (exact) mass is 338 g/mol. The highest BCUT2D eigenvalue weighted by Gasteiger charge is 2.27. The molecule has 126 valence electrons. The van der Waals surface area contributed by atoms with Crippen LogP contribution in [0.5, 0.6) is 0 Å². The minimum absolute atomic E-state index is 0.0834. The lowest BCUT2D eigenvalue weighted by atomic mass is 9.98. The lowest BCUT2D eigenvalue weighted by molar-refractivity contribution is -0.150. The standard InChI is InChI=1S/C17H23ClN2O3/c1-3-23-17(22)13-5-4-8-20(10-13)11-16(21)19-15-7-6-14(18)9-12(15)2/h6-7,9,13H,3-5,8,10-11H2,1-2H3,(H,19,21)/t13-/m1/s1. The average molecular weight is 339 g/mol. The molecule has 1 aromatic rings. The van der Waals surface area contributed by atoms with Gasteiger partial charge < -0.3 is 10.1 Å². The van der Waals surface area contributed by atoms with E-state index < -0.39 is 0 Å². The molecule has 0 aliphatic carbocycles.